The summed E-state index contributed by atoms with van der Waals surface area (Å²) in [5, 5.41) is 2.92. The van der Waals surface area contributed by atoms with Crippen molar-refractivity contribution in [2.75, 3.05) is 26.9 Å². The van der Waals surface area contributed by atoms with Gasteiger partial charge >= 0.3 is 0 Å². The predicted octanol–water partition coefficient (Wildman–Crippen LogP) is 3.20. The topological polar surface area (TPSA) is 56.8 Å². The maximum atomic E-state index is 12.2. The van der Waals surface area contributed by atoms with Crippen LogP contribution in [0.25, 0.3) is 0 Å². The summed E-state index contributed by atoms with van der Waals surface area (Å²) in [6, 6.07) is 11.1. The lowest BCUT2D eigenvalue weighted by molar-refractivity contribution is 0.0954. The van der Waals surface area contributed by atoms with Crippen LogP contribution in [-0.4, -0.2) is 32.8 Å². The number of amides is 1. The van der Waals surface area contributed by atoms with Gasteiger partial charge in [-0.25, -0.2) is 0 Å². The van der Waals surface area contributed by atoms with Crippen LogP contribution in [0.4, 0.5) is 0 Å². The van der Waals surface area contributed by atoms with Gasteiger partial charge in [-0.3, -0.25) is 4.79 Å². The van der Waals surface area contributed by atoms with Crippen molar-refractivity contribution in [3.8, 4) is 17.2 Å². The van der Waals surface area contributed by atoms with Gasteiger partial charge in [0.15, 0.2) is 11.5 Å². The van der Waals surface area contributed by atoms with Gasteiger partial charge < -0.3 is 19.5 Å². The first kappa shape index (κ1) is 16.6. The molecule has 0 unspecified atom stereocenters. The minimum atomic E-state index is -0.115. The number of fused-ring (bicyclic) bond motifs is 1. The van der Waals surface area contributed by atoms with Gasteiger partial charge in [0, 0.05) is 12.1 Å². The third-order valence-electron chi connectivity index (χ3n) is 3.72. The first-order chi connectivity index (χ1) is 11.7. The number of carbonyl (C=O) groups excluding carboxylic acids is 1. The predicted molar refractivity (Wildman–Crippen MR) is 94.2 cm³/mol. The van der Waals surface area contributed by atoms with Crippen LogP contribution in [0.2, 0.25) is 0 Å². The van der Waals surface area contributed by atoms with Gasteiger partial charge in [0.25, 0.3) is 5.91 Å². The molecule has 0 saturated heterocycles. The lowest BCUT2D eigenvalue weighted by Crippen LogP contribution is -2.25. The fourth-order valence-corrected chi connectivity index (χ4v) is 3.01. The highest BCUT2D eigenvalue weighted by Gasteiger charge is 2.12. The van der Waals surface area contributed by atoms with Crippen LogP contribution in [0.3, 0.4) is 0 Å². The third kappa shape index (κ3) is 3.82. The number of benzene rings is 2. The monoisotopic (exact) mass is 391 g/mol. The fourth-order valence-electron chi connectivity index (χ4n) is 2.47. The number of hydrogen-bond acceptors (Lipinski definition) is 4. The first-order valence-corrected chi connectivity index (χ1v) is 8.47. The van der Waals surface area contributed by atoms with Crippen LogP contribution in [0.15, 0.2) is 40.9 Å². The Bertz CT molecular complexity index is 748. The molecule has 1 N–H and O–H groups in total. The molecule has 0 aromatic heterocycles. The maximum absolute atomic E-state index is 12.2. The second-order valence-electron chi connectivity index (χ2n) is 5.33. The van der Waals surface area contributed by atoms with Crippen molar-refractivity contribution in [3.05, 3.63) is 52.0 Å². The van der Waals surface area contributed by atoms with E-state index < -0.39 is 0 Å². The molecule has 1 amide bonds. The highest BCUT2D eigenvalue weighted by atomic mass is 79.9. The zero-order chi connectivity index (χ0) is 16.9. The highest BCUT2D eigenvalue weighted by molar-refractivity contribution is 9.10. The van der Waals surface area contributed by atoms with Gasteiger partial charge in [0.05, 0.1) is 11.6 Å². The molecule has 0 aliphatic carbocycles. The first-order valence-electron chi connectivity index (χ1n) is 7.67. The molecule has 0 saturated carbocycles. The Morgan fingerprint density at radius 3 is 2.71 bits per heavy atom. The Labute approximate surface area is 149 Å². The summed E-state index contributed by atoms with van der Waals surface area (Å²) >= 11 is 3.38. The lowest BCUT2D eigenvalue weighted by atomic mass is 10.1. The Hall–Kier alpha value is -2.21. The number of methoxy groups -OCH3 is 1. The summed E-state index contributed by atoms with van der Waals surface area (Å²) < 4.78 is 17.0. The van der Waals surface area contributed by atoms with Gasteiger partial charge in [-0.1, -0.05) is 6.07 Å². The van der Waals surface area contributed by atoms with Gasteiger partial charge in [-0.05, 0) is 58.2 Å². The standard InChI is InChI=1S/C18H18BrNO4/c1-22-15-5-3-13(11-14(15)19)18(21)20-7-6-12-2-4-16-17(10-12)24-9-8-23-16/h2-5,10-11H,6-9H2,1H3,(H,20,21). The van der Waals surface area contributed by atoms with E-state index in [1.54, 1.807) is 25.3 Å². The molecule has 2 aromatic rings. The van der Waals surface area contributed by atoms with Crippen LogP contribution in [0.5, 0.6) is 17.2 Å². The fraction of sp³-hybridized carbons (Fsp3) is 0.278. The lowest BCUT2D eigenvalue weighted by Gasteiger charge is -2.18. The molecule has 126 valence electrons. The largest absolute Gasteiger partial charge is 0.496 e. The quantitative estimate of drug-likeness (QED) is 0.849. The zero-order valence-electron chi connectivity index (χ0n) is 13.3. The van der Waals surface area contributed by atoms with E-state index in [0.29, 0.717) is 31.1 Å². The Morgan fingerprint density at radius 1 is 1.17 bits per heavy atom. The summed E-state index contributed by atoms with van der Waals surface area (Å²) in [6.07, 6.45) is 0.722. The van der Waals surface area contributed by atoms with Crippen LogP contribution in [0, 0.1) is 0 Å². The van der Waals surface area contributed by atoms with Crippen LogP contribution in [0.1, 0.15) is 15.9 Å². The minimum absolute atomic E-state index is 0.115. The summed E-state index contributed by atoms with van der Waals surface area (Å²) in [7, 11) is 1.59. The summed E-state index contributed by atoms with van der Waals surface area (Å²) in [4.78, 5) is 12.2. The molecule has 0 bridgehead atoms. The van der Waals surface area contributed by atoms with Gasteiger partial charge in [-0.2, -0.15) is 0 Å². The van der Waals surface area contributed by atoms with E-state index in [1.165, 1.54) is 0 Å². The highest BCUT2D eigenvalue weighted by Crippen LogP contribution is 2.30. The Kier molecular flexibility index (Phi) is 5.25. The van der Waals surface area contributed by atoms with Gasteiger partial charge in [0.2, 0.25) is 0 Å². The van der Waals surface area contributed by atoms with Crippen LogP contribution in [-0.2, 0) is 6.42 Å². The SMILES string of the molecule is COc1ccc(C(=O)NCCc2ccc3c(c2)OCCO3)cc1Br. The molecule has 0 radical (unpaired) electrons. The van der Waals surface area contributed by atoms with Crippen molar-refractivity contribution in [1.82, 2.24) is 5.32 Å². The summed E-state index contributed by atoms with van der Waals surface area (Å²) in [6.45, 7) is 1.70. The van der Waals surface area contributed by atoms with E-state index in [-0.39, 0.29) is 5.91 Å². The van der Waals surface area contributed by atoms with Crippen molar-refractivity contribution in [3.63, 3.8) is 0 Å². The second kappa shape index (κ2) is 7.57. The zero-order valence-corrected chi connectivity index (χ0v) is 14.9. The van der Waals surface area contributed by atoms with Crippen molar-refractivity contribution in [2.45, 2.75) is 6.42 Å². The number of carbonyl (C=O) groups is 1. The molecule has 1 aliphatic heterocycles. The molecule has 3 rings (SSSR count). The molecule has 0 atom stereocenters. The Morgan fingerprint density at radius 2 is 1.96 bits per heavy atom. The average molecular weight is 392 g/mol. The molecule has 6 heteroatoms. The van der Waals surface area contributed by atoms with Crippen LogP contribution < -0.4 is 19.5 Å². The van der Waals surface area contributed by atoms with E-state index in [4.69, 9.17) is 14.2 Å². The van der Waals surface area contributed by atoms with E-state index >= 15 is 0 Å². The summed E-state index contributed by atoms with van der Waals surface area (Å²) in [5.41, 5.74) is 1.68. The normalized spacial score (nSPS) is 12.6. The average Bonchev–Trinajstić information content (AvgIpc) is 2.61. The minimum Gasteiger partial charge on any atom is -0.496 e. The second-order valence-corrected chi connectivity index (χ2v) is 6.19. The molecule has 0 fully saturated rings. The van der Waals surface area contributed by atoms with Crippen molar-refractivity contribution in [1.29, 1.82) is 0 Å². The number of ether oxygens (including phenoxy) is 3. The molecule has 5 nitrogen and oxygen atoms in total. The van der Waals surface area contributed by atoms with Gasteiger partial charge in [0.1, 0.15) is 19.0 Å². The summed E-state index contributed by atoms with van der Waals surface area (Å²) in [5.74, 6) is 2.13. The smallest absolute Gasteiger partial charge is 0.251 e. The van der Waals surface area contributed by atoms with E-state index in [1.807, 2.05) is 18.2 Å². The van der Waals surface area contributed by atoms with Crippen LogP contribution >= 0.6 is 15.9 Å². The molecule has 1 heterocycles. The molecule has 0 spiro atoms. The number of rotatable bonds is 5. The molecular weight excluding hydrogens is 374 g/mol. The van der Waals surface area contributed by atoms with E-state index in [9.17, 15) is 4.79 Å². The van der Waals surface area contributed by atoms with E-state index in [2.05, 4.69) is 21.2 Å². The third-order valence-corrected chi connectivity index (χ3v) is 4.34. The van der Waals surface area contributed by atoms with Gasteiger partial charge in [-0.15, -0.1) is 0 Å². The van der Waals surface area contributed by atoms with E-state index in [0.717, 1.165) is 28.0 Å². The maximum Gasteiger partial charge on any atom is 0.251 e. The van der Waals surface area contributed by atoms with Crippen molar-refractivity contribution < 1.29 is 19.0 Å². The molecule has 24 heavy (non-hydrogen) atoms. The number of nitrogens with one attached hydrogen (secondary N) is 1. The van der Waals surface area contributed by atoms with Crippen molar-refractivity contribution >= 4 is 21.8 Å². The number of hydrogen-bond donors (Lipinski definition) is 1. The molecule has 2 aromatic carbocycles. The Balaban J connectivity index is 1.56. The van der Waals surface area contributed by atoms with Crippen molar-refractivity contribution in [2.24, 2.45) is 0 Å². The molecular formula is C18H18BrNO4. The molecule has 1 aliphatic rings. The number of halogens is 1.